The van der Waals surface area contributed by atoms with E-state index in [1.807, 2.05) is 69.7 Å². The Hall–Kier alpha value is -4.85. The molecule has 0 radical (unpaired) electrons. The molecule has 1 amide bonds. The van der Waals surface area contributed by atoms with Crippen molar-refractivity contribution in [3.63, 3.8) is 0 Å². The maximum absolute atomic E-state index is 13.9. The number of amides is 1. The zero-order valence-electron chi connectivity index (χ0n) is 26.7. The highest BCUT2D eigenvalue weighted by molar-refractivity contribution is 6.36. The van der Waals surface area contributed by atoms with Crippen molar-refractivity contribution < 1.29 is 13.9 Å². The summed E-state index contributed by atoms with van der Waals surface area (Å²) < 4.78 is 21.5. The van der Waals surface area contributed by atoms with E-state index >= 15 is 0 Å². The fourth-order valence-corrected chi connectivity index (χ4v) is 6.24. The molecular weight excluding hydrogens is 652 g/mol. The number of nitriles is 1. The molecule has 5 aromatic rings. The molecule has 0 saturated carbocycles. The van der Waals surface area contributed by atoms with Crippen molar-refractivity contribution >= 4 is 57.3 Å². The number of aromatic nitrogens is 3. The van der Waals surface area contributed by atoms with Crippen molar-refractivity contribution in [3.8, 4) is 6.07 Å². The Morgan fingerprint density at radius 2 is 1.77 bits per heavy atom. The number of benzene rings is 3. The van der Waals surface area contributed by atoms with Crippen LogP contribution in [0.25, 0.3) is 10.9 Å². The van der Waals surface area contributed by atoms with Gasteiger partial charge in [0.15, 0.2) is 0 Å². The summed E-state index contributed by atoms with van der Waals surface area (Å²) in [4.78, 5) is 23.6. The van der Waals surface area contributed by atoms with Crippen molar-refractivity contribution in [2.45, 2.75) is 51.3 Å². The number of carbonyl (C=O) groups is 1. The molecule has 2 N–H and O–H groups in total. The third-order valence-electron chi connectivity index (χ3n) is 8.13. The summed E-state index contributed by atoms with van der Waals surface area (Å²) in [6.07, 6.45) is 6.61. The Bertz CT molecular complexity index is 2000. The average molecular weight is 687 g/mol. The van der Waals surface area contributed by atoms with E-state index in [1.54, 1.807) is 17.0 Å². The monoisotopic (exact) mass is 685 g/mol. The van der Waals surface area contributed by atoms with Crippen LogP contribution in [0.5, 0.6) is 0 Å². The van der Waals surface area contributed by atoms with Crippen LogP contribution in [0.3, 0.4) is 0 Å². The first-order valence-electron chi connectivity index (χ1n) is 15.6. The SMILES string of the molecule is CC(C)(C)OC(=O)N1CCC(n2cnc(C(Nc3cc(Cl)c4ncc(C#N)c(Nc5ccc(F)c(Cl)c5)c4c3)c3ccccc3)c2)CC1. The number of ether oxygens (including phenoxy) is 1. The first-order valence-corrected chi connectivity index (χ1v) is 16.3. The van der Waals surface area contributed by atoms with Crippen molar-refractivity contribution in [3.05, 3.63) is 112 Å². The number of carbonyl (C=O) groups excluding carboxylic acids is 1. The third-order valence-corrected chi connectivity index (χ3v) is 8.71. The fourth-order valence-electron chi connectivity index (χ4n) is 5.80. The molecular formula is C36H34Cl2FN7O2. The molecule has 2 aromatic heterocycles. The van der Waals surface area contributed by atoms with E-state index in [4.69, 9.17) is 32.9 Å². The maximum atomic E-state index is 13.9. The van der Waals surface area contributed by atoms with Crippen LogP contribution in [0.2, 0.25) is 10.0 Å². The summed E-state index contributed by atoms with van der Waals surface area (Å²) in [5, 5.41) is 17.7. The summed E-state index contributed by atoms with van der Waals surface area (Å²) in [5.41, 5.74) is 3.68. The van der Waals surface area contributed by atoms with Gasteiger partial charge in [0, 0.05) is 48.3 Å². The standard InChI is InChI=1S/C36H34Cl2FN7O2/c1-36(2,3)48-35(47)45-13-11-26(12-14-45)46-20-31(42-21-46)33(22-7-5-4-6-8-22)44-25-15-27-32(43-24-9-10-30(39)28(37)16-24)23(18-40)19-41-34(27)29(38)17-25/h4-10,15-17,19-21,26,33,44H,11-14H2,1-3H3,(H,41,43). The zero-order valence-corrected chi connectivity index (χ0v) is 28.2. The van der Waals surface area contributed by atoms with E-state index in [-0.39, 0.29) is 28.8 Å². The molecule has 0 spiro atoms. The van der Waals surface area contributed by atoms with Gasteiger partial charge in [-0.3, -0.25) is 4.98 Å². The number of rotatable bonds is 7. The predicted octanol–water partition coefficient (Wildman–Crippen LogP) is 9.27. The van der Waals surface area contributed by atoms with E-state index in [2.05, 4.69) is 26.3 Å². The lowest BCUT2D eigenvalue weighted by Gasteiger charge is -2.33. The van der Waals surface area contributed by atoms with Crippen LogP contribution in [0.1, 0.15) is 62.5 Å². The van der Waals surface area contributed by atoms with E-state index in [0.717, 1.165) is 24.1 Å². The number of nitrogens with zero attached hydrogens (tertiary/aromatic N) is 5. The molecule has 1 aliphatic heterocycles. The van der Waals surface area contributed by atoms with Crippen LogP contribution in [0, 0.1) is 17.1 Å². The Morgan fingerprint density at radius 3 is 2.46 bits per heavy atom. The minimum absolute atomic E-state index is 0.0454. The lowest BCUT2D eigenvalue weighted by molar-refractivity contribution is 0.0188. The number of imidazole rings is 1. The molecule has 0 bridgehead atoms. The number of hydrogen-bond acceptors (Lipinski definition) is 7. The highest BCUT2D eigenvalue weighted by atomic mass is 35.5. The third kappa shape index (κ3) is 7.33. The molecule has 0 aliphatic carbocycles. The van der Waals surface area contributed by atoms with Crippen LogP contribution in [0.4, 0.5) is 26.2 Å². The molecule has 1 saturated heterocycles. The van der Waals surface area contributed by atoms with Crippen molar-refractivity contribution in [2.75, 3.05) is 23.7 Å². The highest BCUT2D eigenvalue weighted by Crippen LogP contribution is 2.37. The fraction of sp³-hybridized carbons (Fsp3) is 0.278. The maximum Gasteiger partial charge on any atom is 0.410 e. The summed E-state index contributed by atoms with van der Waals surface area (Å²) >= 11 is 12.8. The minimum atomic E-state index is -0.544. The van der Waals surface area contributed by atoms with Gasteiger partial charge in [-0.15, -0.1) is 0 Å². The van der Waals surface area contributed by atoms with E-state index in [0.29, 0.717) is 46.1 Å². The second-order valence-electron chi connectivity index (χ2n) is 12.7. The number of fused-ring (bicyclic) bond motifs is 1. The molecule has 1 aliphatic rings. The number of halogens is 3. The van der Waals surface area contributed by atoms with Gasteiger partial charge in [-0.25, -0.2) is 14.2 Å². The normalized spacial score (nSPS) is 14.4. The molecule has 1 fully saturated rings. The first kappa shape index (κ1) is 33.1. The molecule has 9 nitrogen and oxygen atoms in total. The number of anilines is 3. The second-order valence-corrected chi connectivity index (χ2v) is 13.5. The first-order chi connectivity index (χ1) is 23.0. The molecule has 1 unspecified atom stereocenters. The molecule has 6 rings (SSSR count). The summed E-state index contributed by atoms with van der Waals surface area (Å²) in [6, 6.07) is 19.9. The van der Waals surface area contributed by atoms with Crippen LogP contribution >= 0.6 is 23.2 Å². The smallest absolute Gasteiger partial charge is 0.410 e. The summed E-state index contributed by atoms with van der Waals surface area (Å²) in [6.45, 7) is 6.81. The summed E-state index contributed by atoms with van der Waals surface area (Å²) in [5.74, 6) is -0.544. The largest absolute Gasteiger partial charge is 0.444 e. The molecule has 3 heterocycles. The van der Waals surface area contributed by atoms with Gasteiger partial charge in [0.1, 0.15) is 17.5 Å². The van der Waals surface area contributed by atoms with Crippen molar-refractivity contribution in [2.24, 2.45) is 0 Å². The van der Waals surface area contributed by atoms with E-state index in [1.165, 1.54) is 18.3 Å². The Labute approximate surface area is 288 Å². The average Bonchev–Trinajstić information content (AvgIpc) is 3.55. The molecule has 12 heteroatoms. The lowest BCUT2D eigenvalue weighted by Crippen LogP contribution is -2.42. The Kier molecular flexibility index (Phi) is 9.45. The van der Waals surface area contributed by atoms with Gasteiger partial charge >= 0.3 is 6.09 Å². The number of likely N-dealkylation sites (tertiary alicyclic amines) is 1. The van der Waals surface area contributed by atoms with Gasteiger partial charge in [0.2, 0.25) is 0 Å². The van der Waals surface area contributed by atoms with Gasteiger partial charge in [0.05, 0.1) is 44.9 Å². The quantitative estimate of drug-likeness (QED) is 0.176. The summed E-state index contributed by atoms with van der Waals surface area (Å²) in [7, 11) is 0. The molecule has 48 heavy (non-hydrogen) atoms. The lowest BCUT2D eigenvalue weighted by atomic mass is 10.0. The van der Waals surface area contributed by atoms with Gasteiger partial charge in [-0.05, 0) is 69.5 Å². The van der Waals surface area contributed by atoms with Crippen molar-refractivity contribution in [1.29, 1.82) is 5.26 Å². The van der Waals surface area contributed by atoms with Gasteiger partial charge in [-0.1, -0.05) is 53.5 Å². The number of piperidine rings is 1. The van der Waals surface area contributed by atoms with Gasteiger partial charge < -0.3 is 24.8 Å². The molecule has 246 valence electrons. The molecule has 1 atom stereocenters. The van der Waals surface area contributed by atoms with Crippen LogP contribution < -0.4 is 10.6 Å². The topological polar surface area (TPSA) is 108 Å². The van der Waals surface area contributed by atoms with Gasteiger partial charge in [0.25, 0.3) is 0 Å². The number of pyridine rings is 1. The zero-order chi connectivity index (χ0) is 34.0. The van der Waals surface area contributed by atoms with Crippen LogP contribution in [-0.2, 0) is 4.74 Å². The predicted molar refractivity (Wildman–Crippen MR) is 186 cm³/mol. The number of nitrogens with one attached hydrogen (secondary N) is 2. The van der Waals surface area contributed by atoms with Crippen molar-refractivity contribution in [1.82, 2.24) is 19.4 Å². The molecule has 3 aromatic carbocycles. The van der Waals surface area contributed by atoms with E-state index < -0.39 is 11.4 Å². The highest BCUT2D eigenvalue weighted by Gasteiger charge is 2.28. The Balaban J connectivity index is 1.30. The Morgan fingerprint density at radius 1 is 1.04 bits per heavy atom. The van der Waals surface area contributed by atoms with Gasteiger partial charge in [-0.2, -0.15) is 5.26 Å². The van der Waals surface area contributed by atoms with Crippen LogP contribution in [-0.4, -0.2) is 44.2 Å². The van der Waals surface area contributed by atoms with E-state index in [9.17, 15) is 14.4 Å². The minimum Gasteiger partial charge on any atom is -0.444 e. The number of hydrogen-bond donors (Lipinski definition) is 2. The van der Waals surface area contributed by atoms with Crippen LogP contribution in [0.15, 0.2) is 79.4 Å². The second kappa shape index (κ2) is 13.7.